The van der Waals surface area contributed by atoms with Gasteiger partial charge in [-0.2, -0.15) is 0 Å². The third kappa shape index (κ3) is 5.57. The lowest BCUT2D eigenvalue weighted by molar-refractivity contribution is 0.317. The molecule has 0 amide bonds. The summed E-state index contributed by atoms with van der Waals surface area (Å²) < 4.78 is 5.57. The van der Waals surface area contributed by atoms with E-state index in [9.17, 15) is 0 Å². The van der Waals surface area contributed by atoms with Gasteiger partial charge in [-0.15, -0.1) is 0 Å². The van der Waals surface area contributed by atoms with Gasteiger partial charge in [-0.1, -0.05) is 26.0 Å². The van der Waals surface area contributed by atoms with E-state index < -0.39 is 0 Å². The first-order valence-corrected chi connectivity index (χ1v) is 6.51. The second-order valence-corrected chi connectivity index (χ2v) is 4.12. The average molecular weight is 249 g/mol. The molecular weight excluding hydrogens is 226 g/mol. The second-order valence-electron chi connectivity index (χ2n) is 4.12. The van der Waals surface area contributed by atoms with E-state index in [-0.39, 0.29) is 0 Å². The van der Waals surface area contributed by atoms with Gasteiger partial charge in [0, 0.05) is 6.54 Å². The highest BCUT2D eigenvalue weighted by atomic mass is 16.5. The van der Waals surface area contributed by atoms with Crippen LogP contribution in [0, 0.1) is 0 Å². The highest BCUT2D eigenvalue weighted by Gasteiger charge is 1.97. The van der Waals surface area contributed by atoms with Crippen molar-refractivity contribution in [3.8, 4) is 5.75 Å². The van der Waals surface area contributed by atoms with Gasteiger partial charge >= 0.3 is 0 Å². The fourth-order valence-electron chi connectivity index (χ4n) is 1.44. The first-order chi connectivity index (χ1) is 8.76. The summed E-state index contributed by atoms with van der Waals surface area (Å²) in [5.41, 5.74) is 6.84. The molecule has 18 heavy (non-hydrogen) atoms. The summed E-state index contributed by atoms with van der Waals surface area (Å²) in [6.45, 7) is 6.36. The van der Waals surface area contributed by atoms with Crippen molar-refractivity contribution in [2.45, 2.75) is 33.2 Å². The monoisotopic (exact) mass is 249 g/mol. The first kappa shape index (κ1) is 14.4. The van der Waals surface area contributed by atoms with Gasteiger partial charge in [-0.05, 0) is 30.5 Å². The molecule has 0 aromatic heterocycles. The molecule has 0 heterocycles. The smallest absolute Gasteiger partial charge is 0.188 e. The Labute approximate surface area is 109 Å². The van der Waals surface area contributed by atoms with Crippen molar-refractivity contribution in [2.24, 2.45) is 10.7 Å². The van der Waals surface area contributed by atoms with Crippen LogP contribution in [-0.4, -0.2) is 19.1 Å². The molecule has 0 saturated carbocycles. The summed E-state index contributed by atoms with van der Waals surface area (Å²) in [4.78, 5) is 4.28. The molecule has 100 valence electrons. The number of nitrogens with two attached hydrogens (primary N) is 1. The van der Waals surface area contributed by atoms with Gasteiger partial charge < -0.3 is 15.8 Å². The SMILES string of the molecule is CCCNC(N)=NCc1cccc(OCCC)c1. The zero-order valence-corrected chi connectivity index (χ0v) is 11.3. The van der Waals surface area contributed by atoms with Crippen molar-refractivity contribution in [1.29, 1.82) is 0 Å². The third-order valence-corrected chi connectivity index (χ3v) is 2.36. The lowest BCUT2D eigenvalue weighted by atomic mass is 10.2. The van der Waals surface area contributed by atoms with Gasteiger partial charge in [-0.3, -0.25) is 0 Å². The average Bonchev–Trinajstić information content (AvgIpc) is 2.41. The summed E-state index contributed by atoms with van der Waals surface area (Å²) in [5.74, 6) is 1.39. The largest absolute Gasteiger partial charge is 0.494 e. The molecular formula is C14H23N3O. The number of aliphatic imine (C=N–C) groups is 1. The molecule has 0 aliphatic heterocycles. The maximum absolute atomic E-state index is 5.73. The van der Waals surface area contributed by atoms with Crippen LogP contribution in [0.15, 0.2) is 29.3 Å². The minimum atomic E-state index is 0.497. The Hall–Kier alpha value is -1.71. The fraction of sp³-hybridized carbons (Fsp3) is 0.500. The zero-order valence-electron chi connectivity index (χ0n) is 11.3. The molecule has 1 rings (SSSR count). The standard InChI is InChI=1S/C14H23N3O/c1-3-8-16-14(15)17-11-12-6-5-7-13(10-12)18-9-4-2/h5-7,10H,3-4,8-9,11H2,1-2H3,(H3,15,16,17). The van der Waals surface area contributed by atoms with Crippen LogP contribution in [0.4, 0.5) is 0 Å². The van der Waals surface area contributed by atoms with Gasteiger partial charge in [0.05, 0.1) is 13.2 Å². The van der Waals surface area contributed by atoms with Gasteiger partial charge in [-0.25, -0.2) is 4.99 Å². The normalized spacial score (nSPS) is 11.3. The first-order valence-electron chi connectivity index (χ1n) is 6.51. The predicted octanol–water partition coefficient (Wildman–Crippen LogP) is 2.29. The minimum absolute atomic E-state index is 0.497. The van der Waals surface area contributed by atoms with Crippen molar-refractivity contribution in [3.05, 3.63) is 29.8 Å². The maximum atomic E-state index is 5.73. The summed E-state index contributed by atoms with van der Waals surface area (Å²) >= 11 is 0. The number of benzene rings is 1. The number of nitrogens with zero attached hydrogens (tertiary/aromatic N) is 1. The van der Waals surface area contributed by atoms with E-state index in [1.165, 1.54) is 0 Å². The van der Waals surface area contributed by atoms with Crippen molar-refractivity contribution in [3.63, 3.8) is 0 Å². The Kier molecular flexibility index (Phi) is 6.69. The Balaban J connectivity index is 2.51. The Bertz CT molecular complexity index is 377. The van der Waals surface area contributed by atoms with E-state index >= 15 is 0 Å². The fourth-order valence-corrected chi connectivity index (χ4v) is 1.44. The van der Waals surface area contributed by atoms with Crippen molar-refractivity contribution >= 4 is 5.96 Å². The number of hydrogen-bond donors (Lipinski definition) is 2. The predicted molar refractivity (Wildman–Crippen MR) is 75.8 cm³/mol. The Morgan fingerprint density at radius 2 is 2.17 bits per heavy atom. The van der Waals surface area contributed by atoms with Crippen molar-refractivity contribution in [2.75, 3.05) is 13.2 Å². The quantitative estimate of drug-likeness (QED) is 0.576. The highest BCUT2D eigenvalue weighted by Crippen LogP contribution is 2.14. The lowest BCUT2D eigenvalue weighted by Gasteiger charge is -2.06. The molecule has 0 aliphatic carbocycles. The highest BCUT2D eigenvalue weighted by molar-refractivity contribution is 5.77. The molecule has 0 aliphatic rings. The zero-order chi connectivity index (χ0) is 13.2. The summed E-state index contributed by atoms with van der Waals surface area (Å²) in [7, 11) is 0. The van der Waals surface area contributed by atoms with Crippen LogP contribution in [0.5, 0.6) is 5.75 Å². The van der Waals surface area contributed by atoms with E-state index in [1.54, 1.807) is 0 Å². The van der Waals surface area contributed by atoms with Crippen LogP contribution in [0.2, 0.25) is 0 Å². The number of ether oxygens (including phenoxy) is 1. The minimum Gasteiger partial charge on any atom is -0.494 e. The van der Waals surface area contributed by atoms with Crippen LogP contribution >= 0.6 is 0 Å². The van der Waals surface area contributed by atoms with Crippen molar-refractivity contribution in [1.82, 2.24) is 5.32 Å². The van der Waals surface area contributed by atoms with Gasteiger partial charge in [0.2, 0.25) is 0 Å². The van der Waals surface area contributed by atoms with Crippen LogP contribution in [0.3, 0.4) is 0 Å². The number of rotatable bonds is 7. The molecule has 4 heteroatoms. The number of hydrogen-bond acceptors (Lipinski definition) is 2. The van der Waals surface area contributed by atoms with Crippen LogP contribution < -0.4 is 15.8 Å². The summed E-state index contributed by atoms with van der Waals surface area (Å²) in [5, 5.41) is 3.05. The second kappa shape index (κ2) is 8.39. The van der Waals surface area contributed by atoms with Crippen LogP contribution in [-0.2, 0) is 6.54 Å². The molecule has 0 fully saturated rings. The van der Waals surface area contributed by atoms with Gasteiger partial charge in [0.15, 0.2) is 5.96 Å². The van der Waals surface area contributed by atoms with E-state index in [4.69, 9.17) is 10.5 Å². The molecule has 0 radical (unpaired) electrons. The van der Waals surface area contributed by atoms with Gasteiger partial charge in [0.1, 0.15) is 5.75 Å². The summed E-state index contributed by atoms with van der Waals surface area (Å²) in [6.07, 6.45) is 2.05. The topological polar surface area (TPSA) is 59.6 Å². The molecule has 1 aromatic carbocycles. The molecule has 0 saturated heterocycles. The maximum Gasteiger partial charge on any atom is 0.188 e. The van der Waals surface area contributed by atoms with E-state index in [0.717, 1.165) is 37.3 Å². The van der Waals surface area contributed by atoms with E-state index in [0.29, 0.717) is 12.5 Å². The molecule has 1 aromatic rings. The number of nitrogens with one attached hydrogen (secondary N) is 1. The summed E-state index contributed by atoms with van der Waals surface area (Å²) in [6, 6.07) is 7.97. The Morgan fingerprint density at radius 3 is 2.89 bits per heavy atom. The van der Waals surface area contributed by atoms with Crippen LogP contribution in [0.1, 0.15) is 32.3 Å². The van der Waals surface area contributed by atoms with Crippen molar-refractivity contribution < 1.29 is 4.74 Å². The van der Waals surface area contributed by atoms with E-state index in [1.807, 2.05) is 24.3 Å². The van der Waals surface area contributed by atoms with E-state index in [2.05, 4.69) is 24.2 Å². The molecule has 0 spiro atoms. The molecule has 0 unspecified atom stereocenters. The Morgan fingerprint density at radius 1 is 1.33 bits per heavy atom. The molecule has 0 bridgehead atoms. The molecule has 0 atom stereocenters. The lowest BCUT2D eigenvalue weighted by Crippen LogP contribution is -2.32. The molecule has 4 nitrogen and oxygen atoms in total. The van der Waals surface area contributed by atoms with Gasteiger partial charge in [0.25, 0.3) is 0 Å². The van der Waals surface area contributed by atoms with Crippen LogP contribution in [0.25, 0.3) is 0 Å². The third-order valence-electron chi connectivity index (χ3n) is 2.36. The number of guanidine groups is 1. The molecule has 3 N–H and O–H groups in total.